The Morgan fingerprint density at radius 3 is 2.90 bits per heavy atom. The zero-order chi connectivity index (χ0) is 13.8. The fourth-order valence-electron chi connectivity index (χ4n) is 2.31. The second kappa shape index (κ2) is 7.61. The van der Waals surface area contributed by atoms with E-state index in [1.165, 1.54) is 0 Å². The van der Waals surface area contributed by atoms with Gasteiger partial charge in [0.05, 0.1) is 13.1 Å². The molecule has 1 amide bonds. The summed E-state index contributed by atoms with van der Waals surface area (Å²) in [6, 6.07) is 3.45. The molecule has 5 nitrogen and oxygen atoms in total. The molecule has 0 saturated carbocycles. The van der Waals surface area contributed by atoms with E-state index in [1.807, 2.05) is 17.5 Å². The van der Waals surface area contributed by atoms with E-state index in [2.05, 4.69) is 0 Å². The Morgan fingerprint density at radius 2 is 2.30 bits per heavy atom. The van der Waals surface area contributed by atoms with Crippen molar-refractivity contribution in [2.75, 3.05) is 20.1 Å². The number of aliphatic carboxylic acids is 1. The molecule has 1 aromatic rings. The molecule has 1 aromatic heterocycles. The first-order valence-corrected chi connectivity index (χ1v) is 7.19. The molecule has 1 aliphatic rings. The molecule has 1 unspecified atom stereocenters. The SMILES string of the molecule is CN(Cc1cccs1)C(=O)CN1CCCC1C(=O)O.Cl. The van der Waals surface area contributed by atoms with E-state index in [0.717, 1.165) is 11.3 Å². The van der Waals surface area contributed by atoms with Gasteiger partial charge in [-0.25, -0.2) is 0 Å². The summed E-state index contributed by atoms with van der Waals surface area (Å²) >= 11 is 1.62. The van der Waals surface area contributed by atoms with Crippen LogP contribution in [-0.2, 0) is 16.1 Å². The molecule has 0 radical (unpaired) electrons. The minimum absolute atomic E-state index is 0. The van der Waals surface area contributed by atoms with Gasteiger partial charge in [0.2, 0.25) is 5.91 Å². The van der Waals surface area contributed by atoms with Gasteiger partial charge in [-0.3, -0.25) is 14.5 Å². The summed E-state index contributed by atoms with van der Waals surface area (Å²) in [5.41, 5.74) is 0. The molecule has 1 fully saturated rings. The van der Waals surface area contributed by atoms with Crippen molar-refractivity contribution in [3.63, 3.8) is 0 Å². The molecule has 1 saturated heterocycles. The summed E-state index contributed by atoms with van der Waals surface area (Å²) in [6.45, 7) is 1.47. The second-order valence-electron chi connectivity index (χ2n) is 4.80. The van der Waals surface area contributed by atoms with E-state index in [0.29, 0.717) is 19.5 Å². The van der Waals surface area contributed by atoms with E-state index in [-0.39, 0.29) is 24.9 Å². The Kier molecular flexibility index (Phi) is 6.45. The Balaban J connectivity index is 0.00000200. The molecule has 0 aromatic carbocycles. The van der Waals surface area contributed by atoms with Crippen LogP contribution in [0, 0.1) is 0 Å². The fourth-order valence-corrected chi connectivity index (χ4v) is 3.07. The number of rotatable bonds is 5. The number of amides is 1. The number of nitrogens with zero attached hydrogens (tertiary/aromatic N) is 2. The average molecular weight is 319 g/mol. The lowest BCUT2D eigenvalue weighted by Crippen LogP contribution is -2.43. The Bertz CT molecular complexity index is 452. The summed E-state index contributed by atoms with van der Waals surface area (Å²) in [4.78, 5) is 27.7. The van der Waals surface area contributed by atoms with Crippen molar-refractivity contribution in [1.82, 2.24) is 9.80 Å². The highest BCUT2D eigenvalue weighted by Gasteiger charge is 2.32. The highest BCUT2D eigenvalue weighted by Crippen LogP contribution is 2.17. The molecule has 1 N–H and O–H groups in total. The number of hydrogen-bond donors (Lipinski definition) is 1. The lowest BCUT2D eigenvalue weighted by Gasteiger charge is -2.24. The number of carbonyl (C=O) groups excluding carboxylic acids is 1. The molecule has 1 aliphatic heterocycles. The van der Waals surface area contributed by atoms with E-state index in [9.17, 15) is 9.59 Å². The molecular weight excluding hydrogens is 300 g/mol. The van der Waals surface area contributed by atoms with Crippen LogP contribution in [0.1, 0.15) is 17.7 Å². The van der Waals surface area contributed by atoms with Gasteiger partial charge in [0.25, 0.3) is 0 Å². The first-order valence-electron chi connectivity index (χ1n) is 6.31. The van der Waals surface area contributed by atoms with Crippen molar-refractivity contribution in [2.24, 2.45) is 0 Å². The average Bonchev–Trinajstić information content (AvgIpc) is 2.99. The highest BCUT2D eigenvalue weighted by atomic mass is 35.5. The molecular formula is C13H19ClN2O3S. The van der Waals surface area contributed by atoms with Gasteiger partial charge in [-0.15, -0.1) is 23.7 Å². The predicted molar refractivity (Wildman–Crippen MR) is 80.3 cm³/mol. The Hall–Kier alpha value is -1.11. The number of carbonyl (C=O) groups is 2. The standard InChI is InChI=1S/C13H18N2O3S.ClH/c1-14(8-10-4-3-7-19-10)12(16)9-15-6-2-5-11(15)13(17)18;/h3-4,7,11H,2,5-6,8-9H2,1H3,(H,17,18);1H. The summed E-state index contributed by atoms with van der Waals surface area (Å²) in [7, 11) is 1.76. The van der Waals surface area contributed by atoms with Crippen molar-refractivity contribution in [3.05, 3.63) is 22.4 Å². The number of halogens is 1. The molecule has 1 atom stereocenters. The number of carboxylic acids is 1. The Labute approximate surface area is 128 Å². The van der Waals surface area contributed by atoms with Crippen LogP contribution in [0.25, 0.3) is 0 Å². The van der Waals surface area contributed by atoms with Crippen LogP contribution >= 0.6 is 23.7 Å². The minimum atomic E-state index is -0.828. The third-order valence-electron chi connectivity index (χ3n) is 3.39. The number of thiophene rings is 1. The maximum absolute atomic E-state index is 12.1. The van der Waals surface area contributed by atoms with Crippen LogP contribution in [0.3, 0.4) is 0 Å². The van der Waals surface area contributed by atoms with Crippen LogP contribution in [0.15, 0.2) is 17.5 Å². The summed E-state index contributed by atoms with van der Waals surface area (Å²) in [6.07, 6.45) is 1.48. The van der Waals surface area contributed by atoms with Gasteiger partial charge in [0, 0.05) is 11.9 Å². The van der Waals surface area contributed by atoms with Gasteiger partial charge in [-0.2, -0.15) is 0 Å². The number of hydrogen-bond acceptors (Lipinski definition) is 4. The largest absolute Gasteiger partial charge is 0.480 e. The number of likely N-dealkylation sites (N-methyl/N-ethyl adjacent to an activating group) is 1. The first-order chi connectivity index (χ1) is 9.08. The predicted octanol–water partition coefficient (Wildman–Crippen LogP) is 1.68. The van der Waals surface area contributed by atoms with Gasteiger partial charge in [-0.05, 0) is 30.8 Å². The summed E-state index contributed by atoms with van der Waals surface area (Å²) in [5.74, 6) is -0.854. The van der Waals surface area contributed by atoms with Crippen molar-refractivity contribution < 1.29 is 14.7 Å². The van der Waals surface area contributed by atoms with Crippen LogP contribution in [0.2, 0.25) is 0 Å². The molecule has 7 heteroatoms. The lowest BCUT2D eigenvalue weighted by atomic mass is 10.2. The molecule has 0 bridgehead atoms. The van der Waals surface area contributed by atoms with Gasteiger partial charge in [-0.1, -0.05) is 6.07 Å². The van der Waals surface area contributed by atoms with Crippen LogP contribution < -0.4 is 0 Å². The molecule has 0 spiro atoms. The maximum Gasteiger partial charge on any atom is 0.320 e. The van der Waals surface area contributed by atoms with Crippen LogP contribution in [0.5, 0.6) is 0 Å². The van der Waals surface area contributed by atoms with Gasteiger partial charge in [0.15, 0.2) is 0 Å². The Morgan fingerprint density at radius 1 is 1.55 bits per heavy atom. The van der Waals surface area contributed by atoms with Crippen molar-refractivity contribution >= 4 is 35.6 Å². The van der Waals surface area contributed by atoms with E-state index in [4.69, 9.17) is 5.11 Å². The molecule has 2 heterocycles. The second-order valence-corrected chi connectivity index (χ2v) is 5.83. The summed E-state index contributed by atoms with van der Waals surface area (Å²) < 4.78 is 0. The van der Waals surface area contributed by atoms with Crippen molar-refractivity contribution in [1.29, 1.82) is 0 Å². The quantitative estimate of drug-likeness (QED) is 0.897. The minimum Gasteiger partial charge on any atom is -0.480 e. The topological polar surface area (TPSA) is 60.9 Å². The van der Waals surface area contributed by atoms with Gasteiger partial charge >= 0.3 is 5.97 Å². The number of likely N-dealkylation sites (tertiary alicyclic amines) is 1. The van der Waals surface area contributed by atoms with Crippen molar-refractivity contribution in [2.45, 2.75) is 25.4 Å². The molecule has 0 aliphatic carbocycles. The first kappa shape index (κ1) is 16.9. The third kappa shape index (κ3) is 4.19. The fraction of sp³-hybridized carbons (Fsp3) is 0.538. The molecule has 112 valence electrons. The van der Waals surface area contributed by atoms with Crippen molar-refractivity contribution in [3.8, 4) is 0 Å². The molecule has 2 rings (SSSR count). The molecule has 20 heavy (non-hydrogen) atoms. The lowest BCUT2D eigenvalue weighted by molar-refractivity contribution is -0.143. The van der Waals surface area contributed by atoms with Gasteiger partial charge < -0.3 is 10.0 Å². The maximum atomic E-state index is 12.1. The monoisotopic (exact) mass is 318 g/mol. The van der Waals surface area contributed by atoms with E-state index >= 15 is 0 Å². The van der Waals surface area contributed by atoms with Crippen LogP contribution in [-0.4, -0.2) is 53.0 Å². The number of carboxylic acid groups (broad SMARTS) is 1. The normalized spacial score (nSPS) is 18.6. The summed E-state index contributed by atoms with van der Waals surface area (Å²) in [5, 5.41) is 11.1. The smallest absolute Gasteiger partial charge is 0.320 e. The highest BCUT2D eigenvalue weighted by molar-refractivity contribution is 7.09. The van der Waals surface area contributed by atoms with E-state index in [1.54, 1.807) is 28.2 Å². The zero-order valence-corrected chi connectivity index (χ0v) is 13.0. The third-order valence-corrected chi connectivity index (χ3v) is 4.25. The zero-order valence-electron chi connectivity index (χ0n) is 11.3. The van der Waals surface area contributed by atoms with Gasteiger partial charge in [0.1, 0.15) is 6.04 Å². The van der Waals surface area contributed by atoms with E-state index < -0.39 is 12.0 Å². The van der Waals surface area contributed by atoms with Crippen LogP contribution in [0.4, 0.5) is 0 Å².